The first-order valence-corrected chi connectivity index (χ1v) is 5.97. The highest BCUT2D eigenvalue weighted by atomic mass is 32.2. The lowest BCUT2D eigenvalue weighted by atomic mass is 10.2. The molecule has 0 aliphatic heterocycles. The maximum atomic E-state index is 12.8. The van der Waals surface area contributed by atoms with Crippen LogP contribution in [-0.4, -0.2) is 9.36 Å². The second kappa shape index (κ2) is 4.53. The van der Waals surface area contributed by atoms with Gasteiger partial charge in [-0.3, -0.25) is 0 Å². The molecule has 0 radical (unpaired) electrons. The lowest BCUT2D eigenvalue weighted by Gasteiger charge is -2.11. The highest BCUT2D eigenvalue weighted by molar-refractivity contribution is 8.01. The fourth-order valence-electron chi connectivity index (χ4n) is 1.16. The Hall–Kier alpha value is -1.28. The zero-order valence-corrected chi connectivity index (χ0v) is 9.86. The number of alkyl halides is 3. The molecule has 0 aliphatic rings. The Morgan fingerprint density at radius 2 is 2.06 bits per heavy atom. The summed E-state index contributed by atoms with van der Waals surface area (Å²) < 4.78 is 42.5. The van der Waals surface area contributed by atoms with Crippen molar-refractivity contribution in [2.75, 3.05) is 5.73 Å². The molecular weight excluding hydrogens is 271 g/mol. The summed E-state index contributed by atoms with van der Waals surface area (Å²) in [6.45, 7) is 0. The Kier molecular flexibility index (Phi) is 3.25. The quantitative estimate of drug-likeness (QED) is 0.856. The van der Waals surface area contributed by atoms with Crippen LogP contribution in [-0.2, 0) is 6.18 Å². The molecule has 0 bridgehead atoms. The summed E-state index contributed by atoms with van der Waals surface area (Å²) in [6, 6.07) is 3.69. The van der Waals surface area contributed by atoms with E-state index in [9.17, 15) is 13.2 Å². The summed E-state index contributed by atoms with van der Waals surface area (Å²) in [6.07, 6.45) is -3.13. The number of nitrogen functional groups attached to an aromatic ring is 1. The molecule has 2 rings (SSSR count). The van der Waals surface area contributed by atoms with Gasteiger partial charge in [0.25, 0.3) is 0 Å². The molecule has 0 saturated heterocycles. The van der Waals surface area contributed by atoms with Crippen molar-refractivity contribution in [1.29, 1.82) is 0 Å². The van der Waals surface area contributed by atoms with Crippen molar-refractivity contribution in [3.05, 3.63) is 30.1 Å². The van der Waals surface area contributed by atoms with E-state index in [1.807, 2.05) is 0 Å². The Morgan fingerprint density at radius 3 is 2.65 bits per heavy atom. The fraction of sp³-hybridized carbons (Fsp3) is 0.111. The number of benzene rings is 1. The largest absolute Gasteiger partial charge is 0.417 e. The van der Waals surface area contributed by atoms with Gasteiger partial charge in [0, 0.05) is 10.6 Å². The SMILES string of the molecule is Nc1ccc(Sc2ncns2)c(C(F)(F)F)c1. The summed E-state index contributed by atoms with van der Waals surface area (Å²) in [5.41, 5.74) is 4.69. The number of nitrogens with zero attached hydrogens (tertiary/aromatic N) is 2. The molecule has 90 valence electrons. The van der Waals surface area contributed by atoms with Crippen LogP contribution in [0.25, 0.3) is 0 Å². The zero-order chi connectivity index (χ0) is 12.5. The van der Waals surface area contributed by atoms with Crippen LogP contribution in [0.4, 0.5) is 18.9 Å². The van der Waals surface area contributed by atoms with Crippen LogP contribution in [0.5, 0.6) is 0 Å². The molecule has 8 heteroatoms. The monoisotopic (exact) mass is 277 g/mol. The van der Waals surface area contributed by atoms with E-state index in [4.69, 9.17) is 5.73 Å². The van der Waals surface area contributed by atoms with Gasteiger partial charge in [0.05, 0.1) is 5.56 Å². The first-order chi connectivity index (χ1) is 7.97. The predicted octanol–water partition coefficient (Wildman–Crippen LogP) is 3.29. The predicted molar refractivity (Wildman–Crippen MR) is 59.9 cm³/mol. The van der Waals surface area contributed by atoms with Crippen LogP contribution in [0.1, 0.15) is 5.56 Å². The number of nitrogens with two attached hydrogens (primary N) is 1. The van der Waals surface area contributed by atoms with E-state index in [1.54, 1.807) is 0 Å². The van der Waals surface area contributed by atoms with Crippen molar-refractivity contribution < 1.29 is 13.2 Å². The van der Waals surface area contributed by atoms with E-state index in [2.05, 4.69) is 9.36 Å². The first-order valence-electron chi connectivity index (χ1n) is 4.38. The molecule has 3 nitrogen and oxygen atoms in total. The molecule has 17 heavy (non-hydrogen) atoms. The summed E-state index contributed by atoms with van der Waals surface area (Å²) in [5, 5.41) is 0. The van der Waals surface area contributed by atoms with Gasteiger partial charge in [-0.2, -0.15) is 17.5 Å². The molecule has 0 atom stereocenters. The van der Waals surface area contributed by atoms with Crippen LogP contribution in [0, 0.1) is 0 Å². The summed E-state index contributed by atoms with van der Waals surface area (Å²) >= 11 is 1.97. The van der Waals surface area contributed by atoms with E-state index in [0.717, 1.165) is 29.4 Å². The minimum Gasteiger partial charge on any atom is -0.399 e. The molecule has 0 unspecified atom stereocenters. The molecule has 1 aromatic heterocycles. The molecule has 0 fully saturated rings. The second-order valence-corrected chi connectivity index (χ2v) is 5.13. The van der Waals surface area contributed by atoms with Gasteiger partial charge in [-0.25, -0.2) is 4.98 Å². The lowest BCUT2D eigenvalue weighted by Crippen LogP contribution is -2.07. The van der Waals surface area contributed by atoms with Crippen molar-refractivity contribution in [3.63, 3.8) is 0 Å². The van der Waals surface area contributed by atoms with E-state index in [1.165, 1.54) is 18.5 Å². The van der Waals surface area contributed by atoms with Gasteiger partial charge in [-0.15, -0.1) is 0 Å². The number of hydrogen-bond acceptors (Lipinski definition) is 5. The van der Waals surface area contributed by atoms with E-state index in [0.29, 0.717) is 4.34 Å². The highest BCUT2D eigenvalue weighted by Crippen LogP contribution is 2.40. The molecule has 0 saturated carbocycles. The minimum absolute atomic E-state index is 0.0726. The average molecular weight is 277 g/mol. The smallest absolute Gasteiger partial charge is 0.399 e. The molecule has 2 N–H and O–H groups in total. The van der Waals surface area contributed by atoms with Crippen molar-refractivity contribution in [3.8, 4) is 0 Å². The second-order valence-electron chi connectivity index (χ2n) is 3.06. The van der Waals surface area contributed by atoms with E-state index < -0.39 is 11.7 Å². The Morgan fingerprint density at radius 1 is 1.29 bits per heavy atom. The van der Waals surface area contributed by atoms with Gasteiger partial charge in [0.2, 0.25) is 0 Å². The number of anilines is 1. The molecule has 1 heterocycles. The first kappa shape index (κ1) is 12.2. The van der Waals surface area contributed by atoms with Gasteiger partial charge in [-0.05, 0) is 29.7 Å². The topological polar surface area (TPSA) is 51.8 Å². The van der Waals surface area contributed by atoms with Crippen molar-refractivity contribution >= 4 is 29.0 Å². The Labute approximate surface area is 103 Å². The molecule has 1 aromatic carbocycles. The molecule has 0 amide bonds. The zero-order valence-electron chi connectivity index (χ0n) is 8.23. The Bertz CT molecular complexity index is 511. The summed E-state index contributed by atoms with van der Waals surface area (Å²) in [4.78, 5) is 3.90. The molecule has 0 spiro atoms. The third-order valence-corrected chi connectivity index (χ3v) is 3.64. The van der Waals surface area contributed by atoms with E-state index in [-0.39, 0.29) is 10.6 Å². The van der Waals surface area contributed by atoms with Crippen molar-refractivity contribution in [2.45, 2.75) is 15.4 Å². The maximum absolute atomic E-state index is 12.8. The van der Waals surface area contributed by atoms with E-state index >= 15 is 0 Å². The highest BCUT2D eigenvalue weighted by Gasteiger charge is 2.34. The molecule has 0 aliphatic carbocycles. The fourth-order valence-corrected chi connectivity index (χ4v) is 2.70. The normalized spacial score (nSPS) is 11.7. The van der Waals surface area contributed by atoms with Crippen LogP contribution in [0.15, 0.2) is 33.8 Å². The molecule has 2 aromatic rings. The minimum atomic E-state index is -4.43. The standard InChI is InChI=1S/C9H6F3N3S2/c10-9(11,12)6-3-5(13)1-2-7(6)16-8-14-4-15-17-8/h1-4H,13H2. The lowest BCUT2D eigenvalue weighted by molar-refractivity contribution is -0.139. The van der Waals surface area contributed by atoms with Crippen LogP contribution >= 0.6 is 23.3 Å². The number of hydrogen-bond donors (Lipinski definition) is 1. The van der Waals surface area contributed by atoms with Crippen LogP contribution < -0.4 is 5.73 Å². The van der Waals surface area contributed by atoms with Gasteiger partial charge >= 0.3 is 6.18 Å². The van der Waals surface area contributed by atoms with Crippen LogP contribution in [0.2, 0.25) is 0 Å². The van der Waals surface area contributed by atoms with Crippen molar-refractivity contribution in [1.82, 2.24) is 9.36 Å². The van der Waals surface area contributed by atoms with Gasteiger partial charge in [0.15, 0.2) is 4.34 Å². The van der Waals surface area contributed by atoms with Gasteiger partial charge < -0.3 is 5.73 Å². The summed E-state index contributed by atoms with van der Waals surface area (Å²) in [7, 11) is 0. The third-order valence-electron chi connectivity index (χ3n) is 1.85. The number of rotatable bonds is 2. The third kappa shape index (κ3) is 2.89. The maximum Gasteiger partial charge on any atom is 0.417 e. The van der Waals surface area contributed by atoms with Crippen LogP contribution in [0.3, 0.4) is 0 Å². The average Bonchev–Trinajstić information content (AvgIpc) is 2.72. The molecular formula is C9H6F3N3S2. The summed E-state index contributed by atoms with van der Waals surface area (Å²) in [5.74, 6) is 0. The van der Waals surface area contributed by atoms with Gasteiger partial charge in [0.1, 0.15) is 6.33 Å². The van der Waals surface area contributed by atoms with Crippen molar-refractivity contribution in [2.24, 2.45) is 0 Å². The Balaban J connectivity index is 2.40. The number of aromatic nitrogens is 2. The number of halogens is 3. The van der Waals surface area contributed by atoms with Gasteiger partial charge in [-0.1, -0.05) is 11.8 Å².